The van der Waals surface area contributed by atoms with Crippen molar-refractivity contribution in [1.29, 1.82) is 5.26 Å². The van der Waals surface area contributed by atoms with Crippen molar-refractivity contribution in [2.24, 2.45) is 0 Å². The van der Waals surface area contributed by atoms with Crippen molar-refractivity contribution in [3.8, 4) is 11.8 Å². The van der Waals surface area contributed by atoms with Crippen LogP contribution >= 0.6 is 11.6 Å². The molecule has 3 aromatic rings. The third-order valence-electron chi connectivity index (χ3n) is 5.55. The molecule has 0 spiro atoms. The zero-order valence-electron chi connectivity index (χ0n) is 20.9. The van der Waals surface area contributed by atoms with Crippen LogP contribution in [0.5, 0.6) is 5.75 Å². The van der Waals surface area contributed by atoms with E-state index < -0.39 is 11.7 Å². The number of halogens is 2. The number of aliphatic hydroxyl groups excluding tert-OH is 1. The van der Waals surface area contributed by atoms with Crippen LogP contribution in [0.15, 0.2) is 48.7 Å². The molecule has 0 radical (unpaired) electrons. The van der Waals surface area contributed by atoms with Crippen LogP contribution in [0.25, 0.3) is 10.9 Å². The van der Waals surface area contributed by atoms with Gasteiger partial charge in [-0.2, -0.15) is 5.26 Å². The quantitative estimate of drug-likeness (QED) is 0.241. The second kappa shape index (κ2) is 14.3. The maximum absolute atomic E-state index is 13.5. The number of fused-ring (bicyclic) bond motifs is 1. The molecule has 0 saturated carbocycles. The number of phenols is 1. The minimum atomic E-state index is -0.576. The standard InChI is InChI=1S/C23H21ClFN5O3.C4H8O/c1-30(7-8-31)6-2-3-22(33)29-20-10-16-19(11-21(20)32)27-13-14(12-26)23(16)28-15-4-5-18(25)17(24)9-15;1-2-4-5-3-1/h2-5,9-11,13,31-32H,6-8H2,1H3,(H,27,28)(H,29,33);1-4H2/b3-2+;. The molecule has 2 aromatic carbocycles. The molecular formula is C27H29ClFN5O4. The first-order valence-electron chi connectivity index (χ1n) is 11.9. The summed E-state index contributed by atoms with van der Waals surface area (Å²) in [5, 5.41) is 34.8. The average Bonchev–Trinajstić information content (AvgIpc) is 3.48. The molecule has 1 aliphatic rings. The molecule has 2 heterocycles. The van der Waals surface area contributed by atoms with Crippen LogP contribution in [-0.4, -0.2) is 66.0 Å². The number of pyridine rings is 1. The molecule has 9 nitrogen and oxygen atoms in total. The Labute approximate surface area is 225 Å². The zero-order valence-corrected chi connectivity index (χ0v) is 21.6. The van der Waals surface area contributed by atoms with Crippen LogP contribution < -0.4 is 10.6 Å². The SMILES string of the molecule is C1CCOC1.CN(C/C=C/C(=O)Nc1cc2c(Nc3ccc(F)c(Cl)c3)c(C#N)cnc2cc1O)CCO. The van der Waals surface area contributed by atoms with E-state index in [0.717, 1.165) is 13.2 Å². The summed E-state index contributed by atoms with van der Waals surface area (Å²) in [6.45, 7) is 2.95. The van der Waals surface area contributed by atoms with Crippen molar-refractivity contribution in [3.05, 3.63) is 65.1 Å². The number of likely N-dealkylation sites (N-methyl/N-ethyl adjacent to an activating group) is 1. The topological polar surface area (TPSA) is 131 Å². The Hall–Kier alpha value is -3.75. The highest BCUT2D eigenvalue weighted by molar-refractivity contribution is 6.31. The van der Waals surface area contributed by atoms with Gasteiger partial charge in [-0.1, -0.05) is 17.7 Å². The first kappa shape index (κ1) is 28.8. The summed E-state index contributed by atoms with van der Waals surface area (Å²) in [6, 6.07) is 8.95. The number of benzene rings is 2. The molecule has 0 atom stereocenters. The number of aromatic nitrogens is 1. The second-order valence-corrected chi connectivity index (χ2v) is 8.90. The van der Waals surface area contributed by atoms with Gasteiger partial charge in [0.1, 0.15) is 17.6 Å². The molecule has 1 fully saturated rings. The van der Waals surface area contributed by atoms with E-state index >= 15 is 0 Å². The van der Waals surface area contributed by atoms with Crippen LogP contribution in [0.1, 0.15) is 18.4 Å². The molecule has 1 aromatic heterocycles. The van der Waals surface area contributed by atoms with Gasteiger partial charge in [0.15, 0.2) is 0 Å². The van der Waals surface area contributed by atoms with Crippen LogP contribution in [0.2, 0.25) is 5.02 Å². The van der Waals surface area contributed by atoms with Gasteiger partial charge in [0.2, 0.25) is 5.91 Å². The summed E-state index contributed by atoms with van der Waals surface area (Å²) < 4.78 is 18.5. The lowest BCUT2D eigenvalue weighted by molar-refractivity contribution is -0.111. The van der Waals surface area contributed by atoms with E-state index in [4.69, 9.17) is 21.4 Å². The summed E-state index contributed by atoms with van der Waals surface area (Å²) in [5.41, 5.74) is 1.51. The molecule has 1 aliphatic heterocycles. The van der Waals surface area contributed by atoms with E-state index in [1.165, 1.54) is 55.4 Å². The highest BCUT2D eigenvalue weighted by atomic mass is 35.5. The minimum Gasteiger partial charge on any atom is -0.506 e. The van der Waals surface area contributed by atoms with E-state index in [1.54, 1.807) is 13.1 Å². The summed E-state index contributed by atoms with van der Waals surface area (Å²) in [6.07, 6.45) is 6.85. The molecule has 0 unspecified atom stereocenters. The van der Waals surface area contributed by atoms with Gasteiger partial charge in [-0.25, -0.2) is 4.39 Å². The highest BCUT2D eigenvalue weighted by Gasteiger charge is 2.14. The monoisotopic (exact) mass is 541 g/mol. The fourth-order valence-electron chi connectivity index (χ4n) is 3.55. The second-order valence-electron chi connectivity index (χ2n) is 8.50. The number of nitrogens with one attached hydrogen (secondary N) is 2. The third-order valence-corrected chi connectivity index (χ3v) is 5.84. The Morgan fingerprint density at radius 3 is 2.71 bits per heavy atom. The molecule has 200 valence electrons. The van der Waals surface area contributed by atoms with Gasteiger partial charge in [-0.3, -0.25) is 9.78 Å². The predicted molar refractivity (Wildman–Crippen MR) is 145 cm³/mol. The van der Waals surface area contributed by atoms with Crippen LogP contribution in [0.3, 0.4) is 0 Å². The Bertz CT molecular complexity index is 1330. The number of nitrogens with zero attached hydrogens (tertiary/aromatic N) is 3. The summed E-state index contributed by atoms with van der Waals surface area (Å²) in [4.78, 5) is 18.3. The third kappa shape index (κ3) is 8.13. The van der Waals surface area contributed by atoms with Crippen LogP contribution in [0, 0.1) is 17.1 Å². The number of carbonyl (C=O) groups excluding carboxylic acids is 1. The molecule has 1 saturated heterocycles. The van der Waals surface area contributed by atoms with E-state index in [2.05, 4.69) is 15.6 Å². The zero-order chi connectivity index (χ0) is 27.5. The maximum Gasteiger partial charge on any atom is 0.248 e. The number of hydrogen-bond donors (Lipinski definition) is 4. The Balaban J connectivity index is 0.000000715. The number of aromatic hydroxyl groups is 1. The largest absolute Gasteiger partial charge is 0.506 e. The number of anilines is 3. The van der Waals surface area contributed by atoms with Gasteiger partial charge < -0.3 is 30.5 Å². The lowest BCUT2D eigenvalue weighted by Crippen LogP contribution is -2.22. The summed E-state index contributed by atoms with van der Waals surface area (Å²) in [5.74, 6) is -1.24. The minimum absolute atomic E-state index is 0.0146. The van der Waals surface area contributed by atoms with Gasteiger partial charge in [0.05, 0.1) is 34.1 Å². The molecule has 0 aliphatic carbocycles. The normalized spacial score (nSPS) is 12.8. The predicted octanol–water partition coefficient (Wildman–Crippen LogP) is 4.56. The molecule has 4 N–H and O–H groups in total. The highest BCUT2D eigenvalue weighted by Crippen LogP contribution is 2.35. The van der Waals surface area contributed by atoms with E-state index in [9.17, 15) is 19.6 Å². The van der Waals surface area contributed by atoms with E-state index in [0.29, 0.717) is 35.4 Å². The fourth-order valence-corrected chi connectivity index (χ4v) is 3.73. The number of aliphatic hydroxyl groups is 1. The first-order chi connectivity index (χ1) is 18.3. The Kier molecular flexibility index (Phi) is 10.8. The van der Waals surface area contributed by atoms with Crippen molar-refractivity contribution in [2.75, 3.05) is 50.6 Å². The van der Waals surface area contributed by atoms with Gasteiger partial charge >= 0.3 is 0 Å². The van der Waals surface area contributed by atoms with Crippen molar-refractivity contribution >= 4 is 45.5 Å². The number of phenolic OH excluding ortho intramolecular Hbond substituents is 1. The molecule has 0 bridgehead atoms. The smallest absolute Gasteiger partial charge is 0.248 e. The van der Waals surface area contributed by atoms with Crippen molar-refractivity contribution in [1.82, 2.24) is 9.88 Å². The van der Waals surface area contributed by atoms with E-state index in [1.807, 2.05) is 11.0 Å². The number of hydrogen-bond acceptors (Lipinski definition) is 8. The number of nitriles is 1. The van der Waals surface area contributed by atoms with Crippen LogP contribution in [0.4, 0.5) is 21.5 Å². The Morgan fingerprint density at radius 2 is 2.08 bits per heavy atom. The van der Waals surface area contributed by atoms with Gasteiger partial charge in [0.25, 0.3) is 0 Å². The maximum atomic E-state index is 13.5. The van der Waals surface area contributed by atoms with Crippen LogP contribution in [-0.2, 0) is 9.53 Å². The Morgan fingerprint density at radius 1 is 1.32 bits per heavy atom. The number of carbonyl (C=O) groups is 1. The van der Waals surface area contributed by atoms with Crippen molar-refractivity contribution in [2.45, 2.75) is 12.8 Å². The average molecular weight is 542 g/mol. The van der Waals surface area contributed by atoms with Crippen molar-refractivity contribution < 1.29 is 24.1 Å². The van der Waals surface area contributed by atoms with Gasteiger partial charge in [-0.15, -0.1) is 0 Å². The fraction of sp³-hybridized carbons (Fsp3) is 0.296. The summed E-state index contributed by atoms with van der Waals surface area (Å²) >= 11 is 5.86. The number of amides is 1. The molecule has 11 heteroatoms. The molecule has 4 rings (SSSR count). The lowest BCUT2D eigenvalue weighted by atomic mass is 10.1. The first-order valence-corrected chi connectivity index (χ1v) is 12.3. The number of rotatable bonds is 8. The molecule has 1 amide bonds. The summed E-state index contributed by atoms with van der Waals surface area (Å²) in [7, 11) is 1.80. The number of ether oxygens (including phenoxy) is 1. The molecule has 38 heavy (non-hydrogen) atoms. The van der Waals surface area contributed by atoms with Gasteiger partial charge in [0, 0.05) is 55.7 Å². The van der Waals surface area contributed by atoms with E-state index in [-0.39, 0.29) is 28.6 Å². The molecular weight excluding hydrogens is 513 g/mol. The lowest BCUT2D eigenvalue weighted by Gasteiger charge is -2.14. The van der Waals surface area contributed by atoms with Gasteiger partial charge in [-0.05, 0) is 44.2 Å². The van der Waals surface area contributed by atoms with Crippen molar-refractivity contribution in [3.63, 3.8) is 0 Å².